The quantitative estimate of drug-likeness (QED) is 0.843. The van der Waals surface area contributed by atoms with E-state index in [4.69, 9.17) is 11.5 Å². The van der Waals surface area contributed by atoms with Crippen LogP contribution in [-0.2, 0) is 5.54 Å². The van der Waals surface area contributed by atoms with Crippen molar-refractivity contribution in [2.45, 2.75) is 18.5 Å². The van der Waals surface area contributed by atoms with Gasteiger partial charge < -0.3 is 11.5 Å². The number of nitrogens with two attached hydrogens (primary N) is 2. The summed E-state index contributed by atoms with van der Waals surface area (Å²) in [7, 11) is 0. The molecule has 2 rings (SSSR count). The standard InChI is InChI=1S/C14H14BrF2N3/c1-8(18)14(19,10-3-5-13(17)20-7-10)9-2-4-12(16)11(15)6-9/h2-8H,18-19H2,1H3/t8-,14-/m0/s1. The van der Waals surface area contributed by atoms with E-state index in [-0.39, 0.29) is 0 Å². The Bertz CT molecular complexity index is 616. The van der Waals surface area contributed by atoms with Crippen LogP contribution in [-0.4, -0.2) is 11.0 Å². The molecule has 4 N–H and O–H groups in total. The maximum absolute atomic E-state index is 13.4. The van der Waals surface area contributed by atoms with Crippen LogP contribution in [0.5, 0.6) is 0 Å². The van der Waals surface area contributed by atoms with Gasteiger partial charge in [0.05, 0.1) is 10.0 Å². The first-order valence-corrected chi connectivity index (χ1v) is 6.77. The summed E-state index contributed by atoms with van der Waals surface area (Å²) >= 11 is 3.12. The first-order valence-electron chi connectivity index (χ1n) is 5.97. The van der Waals surface area contributed by atoms with Gasteiger partial charge in [0.1, 0.15) is 5.82 Å². The molecular formula is C14H14BrF2N3. The molecule has 0 aliphatic heterocycles. The number of pyridine rings is 1. The average Bonchev–Trinajstić information content (AvgIpc) is 2.41. The molecule has 0 aliphatic carbocycles. The van der Waals surface area contributed by atoms with E-state index in [0.717, 1.165) is 0 Å². The topological polar surface area (TPSA) is 64.9 Å². The molecule has 0 spiro atoms. The zero-order chi connectivity index (χ0) is 14.9. The highest BCUT2D eigenvalue weighted by Gasteiger charge is 2.34. The third kappa shape index (κ3) is 2.59. The Morgan fingerprint density at radius 1 is 1.20 bits per heavy atom. The van der Waals surface area contributed by atoms with E-state index in [9.17, 15) is 8.78 Å². The summed E-state index contributed by atoms with van der Waals surface area (Å²) in [6.07, 6.45) is 1.34. The molecule has 0 saturated heterocycles. The number of rotatable bonds is 3. The van der Waals surface area contributed by atoms with Crippen molar-refractivity contribution >= 4 is 15.9 Å². The number of nitrogens with zero attached hydrogens (tertiary/aromatic N) is 1. The van der Waals surface area contributed by atoms with Crippen molar-refractivity contribution in [3.8, 4) is 0 Å². The lowest BCUT2D eigenvalue weighted by Crippen LogP contribution is -2.52. The summed E-state index contributed by atoms with van der Waals surface area (Å²) in [6.45, 7) is 1.74. The summed E-state index contributed by atoms with van der Waals surface area (Å²) in [4.78, 5) is 3.61. The third-order valence-corrected chi connectivity index (χ3v) is 3.93. The first kappa shape index (κ1) is 15.0. The minimum absolute atomic E-state index is 0.292. The SMILES string of the molecule is C[C@H](N)[C@@](N)(c1ccc(F)nc1)c1ccc(F)c(Br)c1. The average molecular weight is 342 g/mol. The fourth-order valence-electron chi connectivity index (χ4n) is 2.07. The highest BCUT2D eigenvalue weighted by atomic mass is 79.9. The van der Waals surface area contributed by atoms with Gasteiger partial charge in [-0.2, -0.15) is 4.39 Å². The molecule has 6 heteroatoms. The summed E-state index contributed by atoms with van der Waals surface area (Å²) in [5, 5.41) is 0. The van der Waals surface area contributed by atoms with Crippen molar-refractivity contribution < 1.29 is 8.78 Å². The maximum Gasteiger partial charge on any atom is 0.212 e. The largest absolute Gasteiger partial charge is 0.326 e. The van der Waals surface area contributed by atoms with Crippen LogP contribution in [0, 0.1) is 11.8 Å². The van der Waals surface area contributed by atoms with E-state index in [2.05, 4.69) is 20.9 Å². The molecule has 0 amide bonds. The van der Waals surface area contributed by atoms with E-state index >= 15 is 0 Å². The summed E-state index contributed by atoms with van der Waals surface area (Å²) in [6, 6.07) is 6.71. The molecule has 2 atom stereocenters. The Morgan fingerprint density at radius 3 is 2.35 bits per heavy atom. The number of hydrogen-bond acceptors (Lipinski definition) is 3. The van der Waals surface area contributed by atoms with Gasteiger partial charge in [0.25, 0.3) is 0 Å². The first-order chi connectivity index (χ1) is 9.35. The van der Waals surface area contributed by atoms with Gasteiger partial charge in [-0.1, -0.05) is 12.1 Å². The van der Waals surface area contributed by atoms with Gasteiger partial charge in [-0.25, -0.2) is 9.37 Å². The normalized spacial score (nSPS) is 15.7. The zero-order valence-electron chi connectivity index (χ0n) is 10.8. The molecular weight excluding hydrogens is 328 g/mol. The highest BCUT2D eigenvalue weighted by molar-refractivity contribution is 9.10. The minimum Gasteiger partial charge on any atom is -0.326 e. The molecule has 106 valence electrons. The van der Waals surface area contributed by atoms with Crippen molar-refractivity contribution in [1.29, 1.82) is 0 Å². The lowest BCUT2D eigenvalue weighted by atomic mass is 9.79. The monoisotopic (exact) mass is 341 g/mol. The lowest BCUT2D eigenvalue weighted by Gasteiger charge is -2.34. The van der Waals surface area contributed by atoms with Crippen LogP contribution >= 0.6 is 15.9 Å². The van der Waals surface area contributed by atoms with E-state index < -0.39 is 23.3 Å². The molecule has 0 bridgehead atoms. The van der Waals surface area contributed by atoms with Crippen LogP contribution in [0.25, 0.3) is 0 Å². The zero-order valence-corrected chi connectivity index (χ0v) is 12.4. The number of benzene rings is 1. The Labute approximate surface area is 124 Å². The molecule has 0 saturated carbocycles. The van der Waals surface area contributed by atoms with Gasteiger partial charge in [-0.3, -0.25) is 0 Å². The van der Waals surface area contributed by atoms with Crippen LogP contribution in [0.15, 0.2) is 41.0 Å². The Kier molecular flexibility index (Phi) is 4.17. The Balaban J connectivity index is 2.59. The van der Waals surface area contributed by atoms with E-state index in [1.54, 1.807) is 19.1 Å². The minimum atomic E-state index is -1.09. The van der Waals surface area contributed by atoms with Crippen molar-refractivity contribution in [2.75, 3.05) is 0 Å². The third-order valence-electron chi connectivity index (χ3n) is 3.32. The van der Waals surface area contributed by atoms with E-state index in [0.29, 0.717) is 15.6 Å². The maximum atomic E-state index is 13.4. The van der Waals surface area contributed by atoms with Gasteiger partial charge in [0, 0.05) is 12.2 Å². The Morgan fingerprint density at radius 2 is 1.85 bits per heavy atom. The fourth-order valence-corrected chi connectivity index (χ4v) is 2.45. The summed E-state index contributed by atoms with van der Waals surface area (Å²) < 4.78 is 26.6. The molecule has 2 aromatic rings. The van der Waals surface area contributed by atoms with Gasteiger partial charge in [0.15, 0.2) is 0 Å². The summed E-state index contributed by atoms with van der Waals surface area (Å²) in [5.41, 5.74) is 12.5. The van der Waals surface area contributed by atoms with Crippen LogP contribution < -0.4 is 11.5 Å². The van der Waals surface area contributed by atoms with Crippen LogP contribution in [0.3, 0.4) is 0 Å². The van der Waals surface area contributed by atoms with Gasteiger partial charge in [-0.15, -0.1) is 0 Å². The number of aromatic nitrogens is 1. The van der Waals surface area contributed by atoms with Crippen LogP contribution in [0.4, 0.5) is 8.78 Å². The lowest BCUT2D eigenvalue weighted by molar-refractivity contribution is 0.441. The second-order valence-corrected chi connectivity index (χ2v) is 5.51. The van der Waals surface area contributed by atoms with Gasteiger partial charge in [-0.05, 0) is 52.2 Å². The van der Waals surface area contributed by atoms with Crippen molar-refractivity contribution in [3.05, 3.63) is 63.9 Å². The Hall–Kier alpha value is -1.37. The molecule has 20 heavy (non-hydrogen) atoms. The predicted octanol–water partition coefficient (Wildman–Crippen LogP) is 2.67. The highest BCUT2D eigenvalue weighted by Crippen LogP contribution is 2.31. The second-order valence-electron chi connectivity index (χ2n) is 4.66. The van der Waals surface area contributed by atoms with E-state index in [1.807, 2.05) is 0 Å². The van der Waals surface area contributed by atoms with Crippen molar-refractivity contribution in [1.82, 2.24) is 4.98 Å². The van der Waals surface area contributed by atoms with Gasteiger partial charge >= 0.3 is 0 Å². The summed E-state index contributed by atoms with van der Waals surface area (Å²) in [5.74, 6) is -0.987. The molecule has 0 unspecified atom stereocenters. The van der Waals surface area contributed by atoms with Crippen molar-refractivity contribution in [3.63, 3.8) is 0 Å². The van der Waals surface area contributed by atoms with Gasteiger partial charge in [0.2, 0.25) is 5.95 Å². The second kappa shape index (κ2) is 5.55. The molecule has 3 nitrogen and oxygen atoms in total. The number of halogens is 3. The number of hydrogen-bond donors (Lipinski definition) is 2. The molecule has 0 radical (unpaired) electrons. The molecule has 1 heterocycles. The molecule has 0 aliphatic rings. The van der Waals surface area contributed by atoms with Crippen LogP contribution in [0.1, 0.15) is 18.1 Å². The molecule has 0 fully saturated rings. The predicted molar refractivity (Wildman–Crippen MR) is 76.9 cm³/mol. The van der Waals surface area contributed by atoms with Crippen LogP contribution in [0.2, 0.25) is 0 Å². The smallest absolute Gasteiger partial charge is 0.212 e. The molecule has 1 aromatic heterocycles. The fraction of sp³-hybridized carbons (Fsp3) is 0.214. The molecule has 1 aromatic carbocycles. The van der Waals surface area contributed by atoms with Crippen molar-refractivity contribution in [2.24, 2.45) is 11.5 Å². The van der Waals surface area contributed by atoms with E-state index in [1.165, 1.54) is 24.4 Å².